The van der Waals surface area contributed by atoms with Crippen LogP contribution in [0.4, 0.5) is 19.0 Å². The Morgan fingerprint density at radius 2 is 1.78 bits per heavy atom. The Balaban J connectivity index is 1.78. The number of rotatable bonds is 8. The molecule has 0 bridgehead atoms. The van der Waals surface area contributed by atoms with Crippen LogP contribution in [-0.2, 0) is 13.0 Å². The normalized spacial score (nSPS) is 15.8. The predicted molar refractivity (Wildman–Crippen MR) is 131 cm³/mol. The Hall–Kier alpha value is -2.99. The van der Waals surface area contributed by atoms with E-state index in [1.807, 2.05) is 0 Å². The average Bonchev–Trinajstić information content (AvgIpc) is 3.18. The minimum absolute atomic E-state index is 0.0415. The number of halogens is 5. The third-order valence-corrected chi connectivity index (χ3v) is 6.41. The summed E-state index contributed by atoms with van der Waals surface area (Å²) in [6, 6.07) is 11.0. The quantitative estimate of drug-likeness (QED) is 0.429. The highest BCUT2D eigenvalue weighted by Gasteiger charge is 2.39. The van der Waals surface area contributed by atoms with Crippen molar-refractivity contribution in [2.45, 2.75) is 32.1 Å². The van der Waals surface area contributed by atoms with Gasteiger partial charge in [0.15, 0.2) is 11.5 Å². The van der Waals surface area contributed by atoms with Crippen LogP contribution in [0.3, 0.4) is 0 Å². The number of aliphatic hydroxyl groups excluding tert-OH is 2. The number of fused-ring (bicyclic) bond motifs is 1. The van der Waals surface area contributed by atoms with E-state index in [0.717, 1.165) is 5.56 Å². The summed E-state index contributed by atoms with van der Waals surface area (Å²) in [5, 5.41) is 20.3. The number of amides is 1. The van der Waals surface area contributed by atoms with Crippen molar-refractivity contribution >= 4 is 34.9 Å². The van der Waals surface area contributed by atoms with Gasteiger partial charge in [-0.2, -0.15) is 0 Å². The van der Waals surface area contributed by atoms with E-state index < -0.39 is 24.4 Å². The van der Waals surface area contributed by atoms with Gasteiger partial charge in [0.1, 0.15) is 11.6 Å². The van der Waals surface area contributed by atoms with Crippen LogP contribution in [0.5, 0.6) is 5.75 Å². The van der Waals surface area contributed by atoms with Gasteiger partial charge in [-0.1, -0.05) is 41.4 Å². The number of anilines is 1. The number of aromatic nitrogens is 2. The molecule has 0 spiro atoms. The number of imidazole rings is 1. The van der Waals surface area contributed by atoms with Crippen LogP contribution in [0.25, 0.3) is 0 Å². The Morgan fingerprint density at radius 1 is 1.11 bits per heavy atom. The third kappa shape index (κ3) is 5.96. The number of hydrogen-bond acceptors (Lipinski definition) is 6. The zero-order valence-electron chi connectivity index (χ0n) is 19.5. The molecule has 0 aliphatic carbocycles. The van der Waals surface area contributed by atoms with E-state index in [2.05, 4.69) is 9.72 Å². The fourth-order valence-electron chi connectivity index (χ4n) is 4.08. The summed E-state index contributed by atoms with van der Waals surface area (Å²) < 4.78 is 44.2. The zero-order chi connectivity index (χ0) is 26.9. The highest BCUT2D eigenvalue weighted by Crippen LogP contribution is 2.34. The van der Waals surface area contributed by atoms with Gasteiger partial charge < -0.3 is 24.4 Å². The number of carbonyl (C=O) groups excluding carboxylic acids is 1. The summed E-state index contributed by atoms with van der Waals surface area (Å²) in [6.45, 7) is 0.149. The lowest BCUT2D eigenvalue weighted by Crippen LogP contribution is -2.54. The van der Waals surface area contributed by atoms with Gasteiger partial charge >= 0.3 is 6.36 Å². The van der Waals surface area contributed by atoms with Crippen molar-refractivity contribution in [2.24, 2.45) is 0 Å². The van der Waals surface area contributed by atoms with Crippen LogP contribution >= 0.6 is 23.2 Å². The summed E-state index contributed by atoms with van der Waals surface area (Å²) in [5.41, 5.74) is 1.42. The molecule has 1 unspecified atom stereocenters. The molecule has 198 valence electrons. The van der Waals surface area contributed by atoms with E-state index in [1.54, 1.807) is 41.9 Å². The molecule has 0 fully saturated rings. The van der Waals surface area contributed by atoms with Crippen molar-refractivity contribution in [1.29, 1.82) is 0 Å². The lowest BCUT2D eigenvalue weighted by molar-refractivity contribution is -0.274. The van der Waals surface area contributed by atoms with Crippen molar-refractivity contribution < 1.29 is 32.9 Å². The first-order valence-corrected chi connectivity index (χ1v) is 11.9. The molecular weight excluding hydrogens is 536 g/mol. The summed E-state index contributed by atoms with van der Waals surface area (Å²) in [6.07, 6.45) is -5.92. The molecule has 3 aromatic rings. The van der Waals surface area contributed by atoms with Gasteiger partial charge in [0.2, 0.25) is 6.35 Å². The molecule has 2 N–H and O–H groups in total. The Bertz CT molecular complexity index is 1280. The molecule has 1 aliphatic heterocycles. The van der Waals surface area contributed by atoms with Gasteiger partial charge in [0.25, 0.3) is 5.91 Å². The number of ether oxygens (including phenoxy) is 1. The lowest BCUT2D eigenvalue weighted by atomic mass is 10.1. The molecule has 1 amide bonds. The van der Waals surface area contributed by atoms with Gasteiger partial charge in [-0.3, -0.25) is 9.69 Å². The summed E-state index contributed by atoms with van der Waals surface area (Å²) in [7, 11) is 1.57. The SMILES string of the molecule is CN1c2nc(Cc3ccc(Cl)c(OC(F)(F)F)c3)n(Cc3ccc(Cl)cc3)c2C(=O)N(CCCO)C1O. The van der Waals surface area contributed by atoms with Crippen LogP contribution in [0.1, 0.15) is 33.9 Å². The molecule has 2 heterocycles. The molecule has 2 aromatic carbocycles. The van der Waals surface area contributed by atoms with Crippen LogP contribution in [0.2, 0.25) is 10.0 Å². The molecule has 37 heavy (non-hydrogen) atoms. The molecular formula is C24H23Cl2F3N4O4. The standard InChI is InChI=1S/C24H23Cl2F3N4O4/c1-31-21-20(22(35)32(23(31)36)9-2-10-34)33(13-14-3-6-16(25)7-4-14)19(30-21)12-15-5-8-17(26)18(11-15)37-24(27,28)29/h3-8,11,23,34,36H,2,9-10,12-13H2,1H3. The second-order valence-corrected chi connectivity index (χ2v) is 9.28. The molecule has 0 saturated carbocycles. The minimum Gasteiger partial charge on any atom is -0.404 e. The van der Waals surface area contributed by atoms with Crippen molar-refractivity contribution in [3.05, 3.63) is 75.2 Å². The lowest BCUT2D eigenvalue weighted by Gasteiger charge is -2.38. The second kappa shape index (κ2) is 10.8. The van der Waals surface area contributed by atoms with Gasteiger partial charge in [0.05, 0.1) is 5.02 Å². The maximum absolute atomic E-state index is 13.5. The Kier molecular flexibility index (Phi) is 7.88. The second-order valence-electron chi connectivity index (χ2n) is 8.44. The summed E-state index contributed by atoms with van der Waals surface area (Å²) in [4.78, 5) is 20.7. The first-order chi connectivity index (χ1) is 17.5. The van der Waals surface area contributed by atoms with Crippen molar-refractivity contribution in [3.8, 4) is 5.75 Å². The maximum Gasteiger partial charge on any atom is 0.573 e. The number of carbonyl (C=O) groups is 1. The van der Waals surface area contributed by atoms with E-state index in [-0.39, 0.29) is 49.1 Å². The van der Waals surface area contributed by atoms with E-state index in [1.165, 1.54) is 21.9 Å². The largest absolute Gasteiger partial charge is 0.573 e. The molecule has 1 aromatic heterocycles. The maximum atomic E-state index is 13.5. The monoisotopic (exact) mass is 558 g/mol. The van der Waals surface area contributed by atoms with Crippen LogP contribution in [0, 0.1) is 0 Å². The predicted octanol–water partition coefficient (Wildman–Crippen LogP) is 4.28. The van der Waals surface area contributed by atoms with Crippen LogP contribution < -0.4 is 9.64 Å². The van der Waals surface area contributed by atoms with E-state index >= 15 is 0 Å². The highest BCUT2D eigenvalue weighted by molar-refractivity contribution is 6.32. The molecule has 1 aliphatic rings. The third-order valence-electron chi connectivity index (χ3n) is 5.85. The number of hydrogen-bond donors (Lipinski definition) is 2. The molecule has 1 atom stereocenters. The van der Waals surface area contributed by atoms with E-state index in [0.29, 0.717) is 16.4 Å². The van der Waals surface area contributed by atoms with Crippen molar-refractivity contribution in [3.63, 3.8) is 0 Å². The fraction of sp³-hybridized carbons (Fsp3) is 0.333. The number of benzene rings is 2. The highest BCUT2D eigenvalue weighted by atomic mass is 35.5. The van der Waals surface area contributed by atoms with Crippen molar-refractivity contribution in [2.75, 3.05) is 25.1 Å². The number of nitrogens with zero attached hydrogens (tertiary/aromatic N) is 4. The smallest absolute Gasteiger partial charge is 0.404 e. The van der Waals surface area contributed by atoms with E-state index in [4.69, 9.17) is 23.2 Å². The van der Waals surface area contributed by atoms with Crippen LogP contribution in [-0.4, -0.2) is 63.5 Å². The first-order valence-electron chi connectivity index (χ1n) is 11.2. The van der Waals surface area contributed by atoms with E-state index in [9.17, 15) is 28.2 Å². The minimum atomic E-state index is -4.92. The molecule has 8 nitrogen and oxygen atoms in total. The summed E-state index contributed by atoms with van der Waals surface area (Å²) in [5.74, 6) is -0.441. The Labute approximate surface area is 220 Å². The molecule has 4 rings (SSSR count). The van der Waals surface area contributed by atoms with Gasteiger partial charge in [-0.05, 0) is 41.8 Å². The number of aliphatic hydroxyl groups is 2. The molecule has 0 saturated heterocycles. The first kappa shape index (κ1) is 27.1. The van der Waals surface area contributed by atoms with Gasteiger partial charge in [-0.15, -0.1) is 13.2 Å². The fourth-order valence-corrected chi connectivity index (χ4v) is 4.36. The topological polar surface area (TPSA) is 91.1 Å². The molecule has 0 radical (unpaired) electrons. The van der Waals surface area contributed by atoms with Crippen molar-refractivity contribution in [1.82, 2.24) is 14.5 Å². The van der Waals surface area contributed by atoms with Gasteiger partial charge in [0, 0.05) is 38.2 Å². The average molecular weight is 559 g/mol. The number of alkyl halides is 3. The Morgan fingerprint density at radius 3 is 2.43 bits per heavy atom. The zero-order valence-corrected chi connectivity index (χ0v) is 21.1. The van der Waals surface area contributed by atoms with Crippen LogP contribution in [0.15, 0.2) is 42.5 Å². The molecule has 13 heteroatoms. The summed E-state index contributed by atoms with van der Waals surface area (Å²) >= 11 is 11.9. The van der Waals surface area contributed by atoms with Gasteiger partial charge in [-0.25, -0.2) is 4.98 Å².